The van der Waals surface area contributed by atoms with E-state index in [-0.39, 0.29) is 27.2 Å². The van der Waals surface area contributed by atoms with Crippen LogP contribution < -0.4 is 5.32 Å². The molecule has 18 heavy (non-hydrogen) atoms. The lowest BCUT2D eigenvalue weighted by Gasteiger charge is -2.12. The molecule has 0 bridgehead atoms. The molecule has 98 valence electrons. The zero-order valence-corrected chi connectivity index (χ0v) is 11.5. The van der Waals surface area contributed by atoms with Gasteiger partial charge in [0.25, 0.3) is 5.91 Å². The average Bonchev–Trinajstić information content (AvgIpc) is 2.32. The minimum atomic E-state index is -1.14. The third-order valence-corrected chi connectivity index (χ3v) is 3.38. The summed E-state index contributed by atoms with van der Waals surface area (Å²) in [5, 5.41) is 11.1. The number of hydrogen-bond donors (Lipinski definition) is 2. The predicted octanol–water partition coefficient (Wildman–Crippen LogP) is 2.63. The first kappa shape index (κ1) is 15.0. The summed E-state index contributed by atoms with van der Waals surface area (Å²) < 4.78 is 0. The number of rotatable bonds is 4. The first-order chi connectivity index (χ1) is 8.38. The van der Waals surface area contributed by atoms with Gasteiger partial charge in [0.15, 0.2) is 0 Å². The summed E-state index contributed by atoms with van der Waals surface area (Å²) in [6.07, 6.45) is 1.41. The van der Waals surface area contributed by atoms with Crippen molar-refractivity contribution in [2.24, 2.45) is 0 Å². The molecule has 0 aliphatic carbocycles. The van der Waals surface area contributed by atoms with Crippen molar-refractivity contribution in [3.63, 3.8) is 0 Å². The number of carboxylic acid groups (broad SMARTS) is 1. The van der Waals surface area contributed by atoms with Gasteiger partial charge < -0.3 is 10.4 Å². The monoisotopic (exact) mass is 310 g/mol. The summed E-state index contributed by atoms with van der Waals surface area (Å²) in [5.41, 5.74) is -0.161. The van der Waals surface area contributed by atoms with Crippen LogP contribution in [0.4, 0.5) is 0 Å². The van der Waals surface area contributed by atoms with E-state index in [1.54, 1.807) is 6.92 Å². The molecule has 2 N–H and O–H groups in total. The SMILES string of the molecule is CC[C@H](NC(=O)c1ncc(Cl)c(Cl)c1Cl)C(=O)O. The Hall–Kier alpha value is -1.04. The molecule has 1 aromatic rings. The van der Waals surface area contributed by atoms with Crippen LogP contribution in [-0.2, 0) is 4.79 Å². The highest BCUT2D eigenvalue weighted by molar-refractivity contribution is 6.48. The van der Waals surface area contributed by atoms with E-state index in [1.165, 1.54) is 6.20 Å². The fourth-order valence-corrected chi connectivity index (χ4v) is 1.73. The van der Waals surface area contributed by atoms with Gasteiger partial charge in [0.05, 0.1) is 15.1 Å². The van der Waals surface area contributed by atoms with Gasteiger partial charge in [-0.1, -0.05) is 41.7 Å². The molecule has 1 rings (SSSR count). The van der Waals surface area contributed by atoms with E-state index in [0.29, 0.717) is 0 Å². The Morgan fingerprint density at radius 1 is 1.39 bits per heavy atom. The van der Waals surface area contributed by atoms with Gasteiger partial charge in [0, 0.05) is 6.20 Å². The smallest absolute Gasteiger partial charge is 0.326 e. The number of aliphatic carboxylic acids is 1. The minimum absolute atomic E-state index is 0.00172. The lowest BCUT2D eigenvalue weighted by atomic mass is 10.2. The van der Waals surface area contributed by atoms with Crippen LogP contribution in [-0.4, -0.2) is 28.0 Å². The minimum Gasteiger partial charge on any atom is -0.480 e. The van der Waals surface area contributed by atoms with Gasteiger partial charge in [-0.3, -0.25) is 4.79 Å². The molecule has 1 aromatic heterocycles. The molecule has 0 radical (unpaired) electrons. The van der Waals surface area contributed by atoms with Crippen molar-refractivity contribution in [3.8, 4) is 0 Å². The maximum atomic E-state index is 11.8. The van der Waals surface area contributed by atoms with E-state index in [4.69, 9.17) is 39.9 Å². The van der Waals surface area contributed by atoms with Crippen molar-refractivity contribution in [3.05, 3.63) is 27.0 Å². The molecule has 0 unspecified atom stereocenters. The summed E-state index contributed by atoms with van der Waals surface area (Å²) >= 11 is 17.2. The number of nitrogens with zero attached hydrogens (tertiary/aromatic N) is 1. The summed E-state index contributed by atoms with van der Waals surface area (Å²) in [7, 11) is 0. The first-order valence-corrected chi connectivity index (χ1v) is 6.05. The fourth-order valence-electron chi connectivity index (χ4n) is 1.17. The predicted molar refractivity (Wildman–Crippen MR) is 68.4 cm³/mol. The maximum absolute atomic E-state index is 11.8. The lowest BCUT2D eigenvalue weighted by Crippen LogP contribution is -2.40. The van der Waals surface area contributed by atoms with E-state index < -0.39 is 17.9 Å². The van der Waals surface area contributed by atoms with Gasteiger partial charge in [-0.15, -0.1) is 0 Å². The Morgan fingerprint density at radius 3 is 2.50 bits per heavy atom. The van der Waals surface area contributed by atoms with E-state index in [1.807, 2.05) is 0 Å². The molecule has 0 aliphatic heterocycles. The average molecular weight is 312 g/mol. The van der Waals surface area contributed by atoms with Gasteiger partial charge in [0.2, 0.25) is 0 Å². The number of nitrogens with one attached hydrogen (secondary N) is 1. The quantitative estimate of drug-likeness (QED) is 0.896. The van der Waals surface area contributed by atoms with E-state index >= 15 is 0 Å². The zero-order valence-electron chi connectivity index (χ0n) is 9.21. The van der Waals surface area contributed by atoms with Gasteiger partial charge in [-0.05, 0) is 6.42 Å². The second-order valence-corrected chi connectivity index (χ2v) is 4.52. The molecule has 0 fully saturated rings. The molecular weight excluding hydrogens is 302 g/mol. The highest BCUT2D eigenvalue weighted by Crippen LogP contribution is 2.30. The van der Waals surface area contributed by atoms with Gasteiger partial charge >= 0.3 is 5.97 Å². The molecular formula is C10H9Cl3N2O3. The Balaban J connectivity index is 2.98. The van der Waals surface area contributed by atoms with Crippen molar-refractivity contribution in [1.29, 1.82) is 0 Å². The number of carboxylic acids is 1. The maximum Gasteiger partial charge on any atom is 0.326 e. The van der Waals surface area contributed by atoms with Crippen LogP contribution in [0.2, 0.25) is 15.1 Å². The highest BCUT2D eigenvalue weighted by Gasteiger charge is 2.22. The van der Waals surface area contributed by atoms with Crippen molar-refractivity contribution in [2.75, 3.05) is 0 Å². The van der Waals surface area contributed by atoms with Crippen molar-refractivity contribution in [2.45, 2.75) is 19.4 Å². The van der Waals surface area contributed by atoms with Crippen LogP contribution >= 0.6 is 34.8 Å². The van der Waals surface area contributed by atoms with E-state index in [0.717, 1.165) is 0 Å². The zero-order chi connectivity index (χ0) is 13.9. The van der Waals surface area contributed by atoms with Crippen LogP contribution in [0, 0.1) is 0 Å². The Labute approximate surface area is 118 Å². The van der Waals surface area contributed by atoms with Gasteiger partial charge in [-0.2, -0.15) is 0 Å². The van der Waals surface area contributed by atoms with Crippen LogP contribution in [0.1, 0.15) is 23.8 Å². The summed E-state index contributed by atoms with van der Waals surface area (Å²) in [6, 6.07) is -1.01. The van der Waals surface area contributed by atoms with Gasteiger partial charge in [-0.25, -0.2) is 9.78 Å². The molecule has 0 saturated heterocycles. The number of amides is 1. The molecule has 5 nitrogen and oxygen atoms in total. The van der Waals surface area contributed by atoms with Crippen molar-refractivity contribution in [1.82, 2.24) is 10.3 Å². The first-order valence-electron chi connectivity index (χ1n) is 4.91. The highest BCUT2D eigenvalue weighted by atomic mass is 35.5. The number of carbonyl (C=O) groups is 2. The summed E-state index contributed by atoms with van der Waals surface area (Å²) in [5.74, 6) is -1.85. The molecule has 1 amide bonds. The van der Waals surface area contributed by atoms with Crippen LogP contribution in [0.15, 0.2) is 6.20 Å². The van der Waals surface area contributed by atoms with Crippen LogP contribution in [0.3, 0.4) is 0 Å². The molecule has 1 heterocycles. The van der Waals surface area contributed by atoms with Crippen LogP contribution in [0.5, 0.6) is 0 Å². The second kappa shape index (κ2) is 6.22. The molecule has 0 saturated carbocycles. The van der Waals surface area contributed by atoms with Crippen LogP contribution in [0.25, 0.3) is 0 Å². The summed E-state index contributed by atoms with van der Waals surface area (Å²) in [4.78, 5) is 26.3. The largest absolute Gasteiger partial charge is 0.480 e. The van der Waals surface area contributed by atoms with Gasteiger partial charge in [0.1, 0.15) is 11.7 Å². The topological polar surface area (TPSA) is 79.3 Å². The molecule has 0 aliphatic rings. The normalized spacial score (nSPS) is 12.0. The summed E-state index contributed by atoms with van der Waals surface area (Å²) in [6.45, 7) is 1.63. The number of hydrogen-bond acceptors (Lipinski definition) is 3. The standard InChI is InChI=1S/C10H9Cl3N2O3/c1-2-5(10(17)18)15-9(16)8-7(13)6(12)4(11)3-14-8/h3,5H,2H2,1H3,(H,15,16)(H,17,18)/t5-/m0/s1. The van der Waals surface area contributed by atoms with E-state index in [9.17, 15) is 9.59 Å². The fraction of sp³-hybridized carbons (Fsp3) is 0.300. The number of carbonyl (C=O) groups excluding carboxylic acids is 1. The molecule has 1 atom stereocenters. The second-order valence-electron chi connectivity index (χ2n) is 3.36. The third kappa shape index (κ3) is 3.25. The number of aromatic nitrogens is 1. The van der Waals surface area contributed by atoms with Crippen molar-refractivity contribution >= 4 is 46.7 Å². The Bertz CT molecular complexity index is 494. The van der Waals surface area contributed by atoms with Crippen molar-refractivity contribution < 1.29 is 14.7 Å². The third-order valence-electron chi connectivity index (χ3n) is 2.14. The lowest BCUT2D eigenvalue weighted by molar-refractivity contribution is -0.139. The number of halogens is 3. The number of pyridine rings is 1. The Morgan fingerprint density at radius 2 is 2.00 bits per heavy atom. The molecule has 0 aromatic carbocycles. The Kier molecular flexibility index (Phi) is 5.19. The van der Waals surface area contributed by atoms with E-state index in [2.05, 4.69) is 10.3 Å². The molecule has 8 heteroatoms. The molecule has 0 spiro atoms.